The second-order valence-electron chi connectivity index (χ2n) is 3.28. The number of halogens is 1. The Morgan fingerprint density at radius 2 is 2.29 bits per heavy atom. The topological polar surface area (TPSA) is 47.0 Å². The monoisotopic (exact) mass is 253 g/mol. The van der Waals surface area contributed by atoms with Gasteiger partial charge in [-0.2, -0.15) is 0 Å². The van der Waals surface area contributed by atoms with Crippen LogP contribution in [-0.4, -0.2) is 16.7 Å². The molecular formula is C11H12FN3OS. The molecule has 0 radical (unpaired) electrons. The van der Waals surface area contributed by atoms with Gasteiger partial charge in [-0.3, -0.25) is 0 Å². The van der Waals surface area contributed by atoms with E-state index in [2.05, 4.69) is 15.5 Å². The minimum absolute atomic E-state index is 0.298. The van der Waals surface area contributed by atoms with E-state index in [1.807, 2.05) is 6.92 Å². The van der Waals surface area contributed by atoms with Crippen molar-refractivity contribution in [1.82, 2.24) is 10.2 Å². The Morgan fingerprint density at radius 3 is 3.06 bits per heavy atom. The van der Waals surface area contributed by atoms with Crippen molar-refractivity contribution in [3.63, 3.8) is 0 Å². The van der Waals surface area contributed by atoms with Crippen molar-refractivity contribution >= 4 is 16.5 Å². The van der Waals surface area contributed by atoms with Crippen LogP contribution >= 0.6 is 11.3 Å². The number of rotatable bonds is 5. The fourth-order valence-corrected chi connectivity index (χ4v) is 1.96. The zero-order valence-electron chi connectivity index (χ0n) is 9.31. The largest absolute Gasteiger partial charge is 0.486 e. The van der Waals surface area contributed by atoms with E-state index in [1.165, 1.54) is 23.5 Å². The van der Waals surface area contributed by atoms with Crippen molar-refractivity contribution in [1.29, 1.82) is 0 Å². The second-order valence-corrected chi connectivity index (χ2v) is 4.34. The first-order valence-corrected chi connectivity index (χ1v) is 6.04. The molecule has 0 fully saturated rings. The molecule has 6 heteroatoms. The van der Waals surface area contributed by atoms with Crippen molar-refractivity contribution < 1.29 is 9.13 Å². The highest BCUT2D eigenvalue weighted by Gasteiger charge is 2.04. The number of hydrogen-bond donors (Lipinski definition) is 1. The lowest BCUT2D eigenvalue weighted by atomic mass is 10.3. The van der Waals surface area contributed by atoms with Gasteiger partial charge >= 0.3 is 0 Å². The van der Waals surface area contributed by atoms with Gasteiger partial charge in [0.1, 0.15) is 18.2 Å². The summed E-state index contributed by atoms with van der Waals surface area (Å²) in [5.74, 6) is 0.179. The van der Waals surface area contributed by atoms with E-state index in [1.54, 1.807) is 12.1 Å². The summed E-state index contributed by atoms with van der Waals surface area (Å²) in [6.45, 7) is 3.09. The molecule has 0 bridgehead atoms. The van der Waals surface area contributed by atoms with Gasteiger partial charge in [0.05, 0.1) is 0 Å². The molecule has 1 aromatic heterocycles. The lowest BCUT2D eigenvalue weighted by molar-refractivity contribution is 0.303. The van der Waals surface area contributed by atoms with Gasteiger partial charge in [0.2, 0.25) is 5.13 Å². The molecule has 0 saturated heterocycles. The Balaban J connectivity index is 1.93. The first kappa shape index (κ1) is 11.8. The number of nitrogens with zero attached hydrogens (tertiary/aromatic N) is 2. The van der Waals surface area contributed by atoms with Gasteiger partial charge in [0, 0.05) is 12.6 Å². The van der Waals surface area contributed by atoms with E-state index in [0.717, 1.165) is 16.7 Å². The fourth-order valence-electron chi connectivity index (χ4n) is 1.24. The SMILES string of the molecule is CCNc1nnc(COc2cccc(F)c2)s1. The Hall–Kier alpha value is -1.69. The minimum Gasteiger partial charge on any atom is -0.486 e. The summed E-state index contributed by atoms with van der Waals surface area (Å²) < 4.78 is 18.3. The molecule has 1 N–H and O–H groups in total. The van der Waals surface area contributed by atoms with Crippen molar-refractivity contribution in [2.75, 3.05) is 11.9 Å². The first-order valence-electron chi connectivity index (χ1n) is 5.22. The molecule has 1 heterocycles. The van der Waals surface area contributed by atoms with Gasteiger partial charge in [0.15, 0.2) is 5.01 Å². The Bertz CT molecular complexity index is 489. The maximum absolute atomic E-state index is 12.9. The maximum atomic E-state index is 12.9. The molecule has 2 aromatic rings. The quantitative estimate of drug-likeness (QED) is 0.890. The highest BCUT2D eigenvalue weighted by atomic mass is 32.1. The molecule has 0 spiro atoms. The number of hydrogen-bond acceptors (Lipinski definition) is 5. The number of ether oxygens (including phenoxy) is 1. The van der Waals surface area contributed by atoms with Crippen molar-refractivity contribution in [2.24, 2.45) is 0 Å². The third-order valence-corrected chi connectivity index (χ3v) is 2.81. The molecule has 0 saturated carbocycles. The van der Waals surface area contributed by atoms with E-state index >= 15 is 0 Å². The van der Waals surface area contributed by atoms with Gasteiger partial charge in [-0.25, -0.2) is 4.39 Å². The van der Waals surface area contributed by atoms with E-state index < -0.39 is 0 Å². The summed E-state index contributed by atoms with van der Waals surface area (Å²) in [5, 5.41) is 12.5. The van der Waals surface area contributed by atoms with Crippen LogP contribution in [0.4, 0.5) is 9.52 Å². The Morgan fingerprint density at radius 1 is 1.41 bits per heavy atom. The van der Waals surface area contributed by atoms with E-state index in [4.69, 9.17) is 4.74 Å². The Kier molecular flexibility index (Phi) is 3.87. The van der Waals surface area contributed by atoms with Crippen LogP contribution < -0.4 is 10.1 Å². The van der Waals surface area contributed by atoms with Gasteiger partial charge < -0.3 is 10.1 Å². The van der Waals surface area contributed by atoms with Crippen LogP contribution in [0.25, 0.3) is 0 Å². The molecule has 4 nitrogen and oxygen atoms in total. The zero-order chi connectivity index (χ0) is 12.1. The lowest BCUT2D eigenvalue weighted by Gasteiger charge is -2.02. The molecule has 0 atom stereocenters. The molecule has 17 heavy (non-hydrogen) atoms. The molecule has 0 aliphatic rings. The van der Waals surface area contributed by atoms with E-state index in [9.17, 15) is 4.39 Å². The van der Waals surface area contributed by atoms with Gasteiger partial charge in [-0.1, -0.05) is 17.4 Å². The standard InChI is InChI=1S/C11H12FN3OS/c1-2-13-11-15-14-10(17-11)7-16-9-5-3-4-8(12)6-9/h3-6H,2,7H2,1H3,(H,13,15). The highest BCUT2D eigenvalue weighted by Crippen LogP contribution is 2.18. The normalized spacial score (nSPS) is 10.2. The van der Waals surface area contributed by atoms with Crippen molar-refractivity contribution in [3.8, 4) is 5.75 Å². The van der Waals surface area contributed by atoms with Gasteiger partial charge in [0.25, 0.3) is 0 Å². The fraction of sp³-hybridized carbons (Fsp3) is 0.273. The van der Waals surface area contributed by atoms with Crippen LogP contribution in [0.5, 0.6) is 5.75 Å². The minimum atomic E-state index is -0.312. The summed E-state index contributed by atoms with van der Waals surface area (Å²) in [5.41, 5.74) is 0. The van der Waals surface area contributed by atoms with Crippen LogP contribution in [-0.2, 0) is 6.61 Å². The van der Waals surface area contributed by atoms with E-state index in [0.29, 0.717) is 12.4 Å². The highest BCUT2D eigenvalue weighted by molar-refractivity contribution is 7.15. The maximum Gasteiger partial charge on any atom is 0.205 e. The van der Waals surface area contributed by atoms with Crippen molar-refractivity contribution in [2.45, 2.75) is 13.5 Å². The lowest BCUT2D eigenvalue weighted by Crippen LogP contribution is -1.95. The number of nitrogens with one attached hydrogen (secondary N) is 1. The first-order chi connectivity index (χ1) is 8.28. The van der Waals surface area contributed by atoms with Gasteiger partial charge in [-0.15, -0.1) is 10.2 Å². The zero-order valence-corrected chi connectivity index (χ0v) is 10.1. The molecule has 0 aliphatic carbocycles. The summed E-state index contributed by atoms with van der Waals surface area (Å²) in [6.07, 6.45) is 0. The van der Waals surface area contributed by atoms with Gasteiger partial charge in [-0.05, 0) is 19.1 Å². The summed E-state index contributed by atoms with van der Waals surface area (Å²) in [6, 6.07) is 6.03. The average molecular weight is 253 g/mol. The second kappa shape index (κ2) is 5.58. The molecular weight excluding hydrogens is 241 g/mol. The van der Waals surface area contributed by atoms with Crippen molar-refractivity contribution in [3.05, 3.63) is 35.1 Å². The average Bonchev–Trinajstić information content (AvgIpc) is 2.75. The predicted octanol–water partition coefficient (Wildman–Crippen LogP) is 2.69. The molecule has 2 rings (SSSR count). The number of benzene rings is 1. The Labute approximate surface area is 102 Å². The van der Waals surface area contributed by atoms with Crippen LogP contribution in [0.15, 0.2) is 24.3 Å². The smallest absolute Gasteiger partial charge is 0.205 e. The number of aromatic nitrogens is 2. The molecule has 1 aromatic carbocycles. The summed E-state index contributed by atoms with van der Waals surface area (Å²) >= 11 is 1.43. The van der Waals surface area contributed by atoms with Crippen LogP contribution in [0.2, 0.25) is 0 Å². The summed E-state index contributed by atoms with van der Waals surface area (Å²) in [4.78, 5) is 0. The molecule has 0 unspecified atom stereocenters. The predicted molar refractivity (Wildman–Crippen MR) is 64.8 cm³/mol. The molecule has 0 amide bonds. The number of anilines is 1. The third-order valence-electron chi connectivity index (χ3n) is 1.95. The third kappa shape index (κ3) is 3.39. The molecule has 90 valence electrons. The van der Waals surface area contributed by atoms with E-state index in [-0.39, 0.29) is 5.82 Å². The molecule has 0 aliphatic heterocycles. The van der Waals surface area contributed by atoms with Crippen LogP contribution in [0.1, 0.15) is 11.9 Å². The van der Waals surface area contributed by atoms with Crippen LogP contribution in [0, 0.1) is 5.82 Å². The van der Waals surface area contributed by atoms with Crippen LogP contribution in [0.3, 0.4) is 0 Å². The summed E-state index contributed by atoms with van der Waals surface area (Å²) in [7, 11) is 0.